The molecule has 2 unspecified atom stereocenters. The Bertz CT molecular complexity index is 106. The highest BCUT2D eigenvalue weighted by Crippen LogP contribution is 2.18. The van der Waals surface area contributed by atoms with E-state index in [2.05, 4.69) is 13.8 Å². The molecule has 0 amide bonds. The van der Waals surface area contributed by atoms with E-state index in [4.69, 9.17) is 10.5 Å². The Hall–Kier alpha value is -0.0800. The first-order valence-corrected chi connectivity index (χ1v) is 4.55. The van der Waals surface area contributed by atoms with Crippen LogP contribution in [0.4, 0.5) is 0 Å². The van der Waals surface area contributed by atoms with Crippen LogP contribution >= 0.6 is 0 Å². The third kappa shape index (κ3) is 3.21. The highest BCUT2D eigenvalue weighted by molar-refractivity contribution is 4.72. The molecular weight excluding hydrogens is 138 g/mol. The summed E-state index contributed by atoms with van der Waals surface area (Å²) in [6, 6.07) is 0.290. The van der Waals surface area contributed by atoms with Gasteiger partial charge in [-0.3, -0.25) is 0 Å². The van der Waals surface area contributed by atoms with Crippen molar-refractivity contribution in [3.8, 4) is 0 Å². The second-order valence-electron chi connectivity index (χ2n) is 3.92. The molecule has 0 radical (unpaired) electrons. The fourth-order valence-electron chi connectivity index (χ4n) is 1.54. The molecule has 2 nitrogen and oxygen atoms in total. The van der Waals surface area contributed by atoms with Gasteiger partial charge in [-0.25, -0.2) is 0 Å². The second-order valence-corrected chi connectivity index (χ2v) is 3.92. The lowest BCUT2D eigenvalue weighted by Gasteiger charge is -2.27. The lowest BCUT2D eigenvalue weighted by atomic mass is 9.98. The standard InChI is InChI=1S/C9H19NO/c1-7(2)5-9-4-3-8(10)6-11-9/h7-9H,3-6,10H2,1-2H3. The van der Waals surface area contributed by atoms with Crippen molar-refractivity contribution >= 4 is 0 Å². The zero-order valence-electron chi connectivity index (χ0n) is 7.55. The first-order valence-electron chi connectivity index (χ1n) is 4.55. The molecule has 0 aliphatic carbocycles. The van der Waals surface area contributed by atoms with E-state index in [0.29, 0.717) is 12.1 Å². The Morgan fingerprint density at radius 3 is 2.64 bits per heavy atom. The van der Waals surface area contributed by atoms with Crippen LogP contribution < -0.4 is 5.73 Å². The van der Waals surface area contributed by atoms with E-state index in [1.807, 2.05) is 0 Å². The number of hydrogen-bond donors (Lipinski definition) is 1. The van der Waals surface area contributed by atoms with Crippen molar-refractivity contribution in [3.05, 3.63) is 0 Å². The van der Waals surface area contributed by atoms with Crippen LogP contribution in [0, 0.1) is 5.92 Å². The number of nitrogens with two attached hydrogens (primary N) is 1. The maximum atomic E-state index is 5.70. The maximum absolute atomic E-state index is 5.70. The summed E-state index contributed by atoms with van der Waals surface area (Å²) in [5.41, 5.74) is 5.70. The summed E-state index contributed by atoms with van der Waals surface area (Å²) in [5, 5.41) is 0. The van der Waals surface area contributed by atoms with Crippen LogP contribution in [-0.4, -0.2) is 18.8 Å². The molecule has 0 aromatic rings. The van der Waals surface area contributed by atoms with Gasteiger partial charge in [0.05, 0.1) is 12.7 Å². The van der Waals surface area contributed by atoms with Crippen LogP contribution in [0.25, 0.3) is 0 Å². The minimum absolute atomic E-state index is 0.290. The van der Waals surface area contributed by atoms with Gasteiger partial charge in [0.15, 0.2) is 0 Å². The van der Waals surface area contributed by atoms with Crippen LogP contribution in [0.2, 0.25) is 0 Å². The first-order chi connectivity index (χ1) is 5.18. The van der Waals surface area contributed by atoms with Crippen molar-refractivity contribution in [2.24, 2.45) is 11.7 Å². The largest absolute Gasteiger partial charge is 0.377 e. The Morgan fingerprint density at radius 2 is 2.18 bits per heavy atom. The molecule has 66 valence electrons. The average Bonchev–Trinajstić information content (AvgIpc) is 1.93. The van der Waals surface area contributed by atoms with Crippen molar-refractivity contribution in [1.82, 2.24) is 0 Å². The Kier molecular flexibility index (Phi) is 3.34. The monoisotopic (exact) mass is 157 g/mol. The average molecular weight is 157 g/mol. The second kappa shape index (κ2) is 4.07. The highest BCUT2D eigenvalue weighted by Gasteiger charge is 2.19. The van der Waals surface area contributed by atoms with E-state index in [-0.39, 0.29) is 0 Å². The summed E-state index contributed by atoms with van der Waals surface area (Å²) in [6.07, 6.45) is 3.96. The molecule has 0 spiro atoms. The van der Waals surface area contributed by atoms with Gasteiger partial charge in [0.1, 0.15) is 0 Å². The molecule has 1 heterocycles. The molecule has 1 aliphatic rings. The molecule has 1 aliphatic heterocycles. The molecule has 1 fully saturated rings. The Morgan fingerprint density at radius 1 is 1.45 bits per heavy atom. The van der Waals surface area contributed by atoms with Crippen LogP contribution in [0.3, 0.4) is 0 Å². The van der Waals surface area contributed by atoms with Crippen LogP contribution in [-0.2, 0) is 4.74 Å². The zero-order valence-corrected chi connectivity index (χ0v) is 7.55. The summed E-state index contributed by atoms with van der Waals surface area (Å²) in [4.78, 5) is 0. The summed E-state index contributed by atoms with van der Waals surface area (Å²) < 4.78 is 5.58. The third-order valence-corrected chi connectivity index (χ3v) is 2.14. The summed E-state index contributed by atoms with van der Waals surface area (Å²) in [6.45, 7) is 5.23. The van der Waals surface area contributed by atoms with Crippen molar-refractivity contribution < 1.29 is 4.74 Å². The first kappa shape index (κ1) is 9.01. The molecule has 0 saturated carbocycles. The molecule has 0 aromatic carbocycles. The predicted molar refractivity (Wildman–Crippen MR) is 46.4 cm³/mol. The molecule has 2 N–H and O–H groups in total. The fourth-order valence-corrected chi connectivity index (χ4v) is 1.54. The molecule has 1 saturated heterocycles. The lowest BCUT2D eigenvalue weighted by Crippen LogP contribution is -2.35. The number of ether oxygens (including phenoxy) is 1. The van der Waals surface area contributed by atoms with Gasteiger partial charge in [-0.2, -0.15) is 0 Å². The van der Waals surface area contributed by atoms with Gasteiger partial charge >= 0.3 is 0 Å². The van der Waals surface area contributed by atoms with Gasteiger partial charge in [0.2, 0.25) is 0 Å². The summed E-state index contributed by atoms with van der Waals surface area (Å²) >= 11 is 0. The SMILES string of the molecule is CC(C)CC1CCC(N)CO1. The molecule has 2 atom stereocenters. The lowest BCUT2D eigenvalue weighted by molar-refractivity contribution is -0.00570. The highest BCUT2D eigenvalue weighted by atomic mass is 16.5. The van der Waals surface area contributed by atoms with Crippen molar-refractivity contribution in [3.63, 3.8) is 0 Å². The minimum Gasteiger partial charge on any atom is -0.377 e. The fraction of sp³-hybridized carbons (Fsp3) is 1.00. The normalized spacial score (nSPS) is 32.7. The van der Waals surface area contributed by atoms with Crippen LogP contribution in [0.15, 0.2) is 0 Å². The predicted octanol–water partition coefficient (Wildman–Crippen LogP) is 1.54. The van der Waals surface area contributed by atoms with Gasteiger partial charge in [-0.15, -0.1) is 0 Å². The van der Waals surface area contributed by atoms with Gasteiger partial charge in [0.25, 0.3) is 0 Å². The van der Waals surface area contributed by atoms with Crippen LogP contribution in [0.1, 0.15) is 33.1 Å². The topological polar surface area (TPSA) is 35.2 Å². The van der Waals surface area contributed by atoms with Gasteiger partial charge in [0, 0.05) is 6.04 Å². The molecule has 1 rings (SSSR count). The van der Waals surface area contributed by atoms with E-state index in [1.165, 1.54) is 6.42 Å². The quantitative estimate of drug-likeness (QED) is 0.660. The molecule has 0 bridgehead atoms. The number of rotatable bonds is 2. The van der Waals surface area contributed by atoms with E-state index in [0.717, 1.165) is 25.4 Å². The van der Waals surface area contributed by atoms with E-state index >= 15 is 0 Å². The third-order valence-electron chi connectivity index (χ3n) is 2.14. The molecular formula is C9H19NO. The van der Waals surface area contributed by atoms with Crippen molar-refractivity contribution in [1.29, 1.82) is 0 Å². The smallest absolute Gasteiger partial charge is 0.0621 e. The van der Waals surface area contributed by atoms with Gasteiger partial charge in [-0.05, 0) is 25.2 Å². The van der Waals surface area contributed by atoms with Crippen molar-refractivity contribution in [2.75, 3.05) is 6.61 Å². The Labute approximate surface area is 69.1 Å². The van der Waals surface area contributed by atoms with Crippen LogP contribution in [0.5, 0.6) is 0 Å². The van der Waals surface area contributed by atoms with E-state index in [1.54, 1.807) is 0 Å². The van der Waals surface area contributed by atoms with E-state index in [9.17, 15) is 0 Å². The minimum atomic E-state index is 0.290. The van der Waals surface area contributed by atoms with Gasteiger partial charge in [-0.1, -0.05) is 13.8 Å². The summed E-state index contributed by atoms with van der Waals surface area (Å²) in [5.74, 6) is 0.745. The maximum Gasteiger partial charge on any atom is 0.0621 e. The number of hydrogen-bond acceptors (Lipinski definition) is 2. The zero-order chi connectivity index (χ0) is 8.27. The Balaban J connectivity index is 2.17. The molecule has 11 heavy (non-hydrogen) atoms. The molecule has 0 aromatic heterocycles. The molecule has 2 heteroatoms. The van der Waals surface area contributed by atoms with E-state index < -0.39 is 0 Å². The van der Waals surface area contributed by atoms with Gasteiger partial charge < -0.3 is 10.5 Å². The van der Waals surface area contributed by atoms with Crippen molar-refractivity contribution in [2.45, 2.75) is 45.3 Å². The summed E-state index contributed by atoms with van der Waals surface area (Å²) in [7, 11) is 0.